The van der Waals surface area contributed by atoms with Gasteiger partial charge in [-0.1, -0.05) is 18.7 Å². The number of aliphatic carboxylic acids is 1. The molecule has 0 saturated carbocycles. The number of imidazole rings is 1. The molecule has 0 aliphatic heterocycles. The van der Waals surface area contributed by atoms with Crippen molar-refractivity contribution in [3.8, 4) is 0 Å². The van der Waals surface area contributed by atoms with Crippen molar-refractivity contribution in [3.63, 3.8) is 0 Å². The second-order valence-corrected chi connectivity index (χ2v) is 5.98. The predicted molar refractivity (Wildman–Crippen MR) is 91.7 cm³/mol. The summed E-state index contributed by atoms with van der Waals surface area (Å²) in [5.74, 6) is -1.12. The molecule has 2 unspecified atom stereocenters. The molecule has 0 aliphatic rings. The van der Waals surface area contributed by atoms with Crippen LogP contribution in [0.2, 0.25) is 0 Å². The van der Waals surface area contributed by atoms with Crippen LogP contribution in [-0.2, 0) is 11.0 Å². The van der Waals surface area contributed by atoms with E-state index in [1.807, 2.05) is 0 Å². The van der Waals surface area contributed by atoms with E-state index in [1.165, 1.54) is 29.1 Å². The zero-order chi connectivity index (χ0) is 20.4. The molecule has 1 heterocycles. The highest BCUT2D eigenvalue weighted by molar-refractivity contribution is 5.68. The lowest BCUT2D eigenvalue weighted by atomic mass is 10.0. The monoisotopic (exact) mass is 384 g/mol. The van der Waals surface area contributed by atoms with Gasteiger partial charge in [-0.05, 0) is 24.6 Å². The predicted octanol–water partition coefficient (Wildman–Crippen LogP) is 2.27. The quantitative estimate of drug-likeness (QED) is 0.680. The number of hydrogen-bond donors (Lipinski definition) is 3. The zero-order valence-electron chi connectivity index (χ0n) is 14.4. The molecular weight excluding hydrogens is 365 g/mol. The first-order valence-electron chi connectivity index (χ1n) is 7.89. The van der Waals surface area contributed by atoms with E-state index >= 15 is 0 Å². The summed E-state index contributed by atoms with van der Waals surface area (Å²) in [5.41, 5.74) is 4.00. The van der Waals surface area contributed by atoms with Crippen LogP contribution in [0.5, 0.6) is 0 Å². The van der Waals surface area contributed by atoms with Gasteiger partial charge in [-0.2, -0.15) is 13.2 Å². The molecular formula is C17H19F3N4O3. The van der Waals surface area contributed by atoms with Crippen molar-refractivity contribution in [2.45, 2.75) is 31.7 Å². The third-order valence-electron chi connectivity index (χ3n) is 3.94. The molecule has 10 heteroatoms. The largest absolute Gasteiger partial charge is 0.481 e. The number of aromatic nitrogens is 2. The average Bonchev–Trinajstić information content (AvgIpc) is 2.92. The number of nitrogens with one attached hydrogen (secondary N) is 1. The Hall–Kier alpha value is -3.17. The normalized spacial score (nSPS) is 13.8. The van der Waals surface area contributed by atoms with Crippen molar-refractivity contribution in [1.29, 1.82) is 0 Å². The molecule has 0 bridgehead atoms. The van der Waals surface area contributed by atoms with Crippen LogP contribution in [0.1, 0.15) is 36.7 Å². The van der Waals surface area contributed by atoms with Crippen LogP contribution in [0.4, 0.5) is 13.2 Å². The van der Waals surface area contributed by atoms with Gasteiger partial charge in [0.05, 0.1) is 23.8 Å². The summed E-state index contributed by atoms with van der Waals surface area (Å²) in [5, 5.41) is 11.9. The molecule has 2 atom stereocenters. The number of nitrogens with two attached hydrogens (primary N) is 1. The summed E-state index contributed by atoms with van der Waals surface area (Å²) in [4.78, 5) is 23.9. The maximum absolute atomic E-state index is 13.0. The Bertz CT molecular complexity index is 901. The minimum absolute atomic E-state index is 0.0657. The fourth-order valence-corrected chi connectivity index (χ4v) is 2.74. The van der Waals surface area contributed by atoms with Crippen LogP contribution in [0, 0.1) is 0 Å². The topological polar surface area (TPSA) is 102 Å². The summed E-state index contributed by atoms with van der Waals surface area (Å²) >= 11 is 0. The Morgan fingerprint density at radius 2 is 1.96 bits per heavy atom. The Morgan fingerprint density at radius 3 is 2.52 bits per heavy atom. The molecule has 1 aromatic carbocycles. The van der Waals surface area contributed by atoms with E-state index in [9.17, 15) is 27.9 Å². The number of hydrogen-bond acceptors (Lipinski definition) is 4. The average molecular weight is 384 g/mol. The van der Waals surface area contributed by atoms with Crippen LogP contribution in [0.3, 0.4) is 0 Å². The first kappa shape index (κ1) is 20.1. The molecule has 2 rings (SSSR count). The lowest BCUT2D eigenvalue weighted by Crippen LogP contribution is -2.36. The van der Waals surface area contributed by atoms with E-state index in [2.05, 4.69) is 11.9 Å². The molecule has 0 fully saturated rings. The maximum atomic E-state index is 13.0. The lowest BCUT2D eigenvalue weighted by Gasteiger charge is -2.19. The number of rotatable bonds is 7. The van der Waals surface area contributed by atoms with Gasteiger partial charge in [-0.15, -0.1) is 0 Å². The molecule has 0 saturated heterocycles. The Labute approximate surface area is 152 Å². The fourth-order valence-electron chi connectivity index (χ4n) is 2.74. The number of alkyl halides is 3. The highest BCUT2D eigenvalue weighted by atomic mass is 19.4. The van der Waals surface area contributed by atoms with Crippen molar-refractivity contribution in [2.75, 3.05) is 0 Å². The maximum Gasteiger partial charge on any atom is 0.416 e. The minimum atomic E-state index is -4.58. The van der Waals surface area contributed by atoms with Crippen molar-refractivity contribution < 1.29 is 23.1 Å². The molecule has 7 nitrogen and oxygen atoms in total. The number of carbonyl (C=O) groups is 1. The van der Waals surface area contributed by atoms with E-state index in [0.717, 1.165) is 16.7 Å². The van der Waals surface area contributed by atoms with E-state index in [1.54, 1.807) is 6.92 Å². The van der Waals surface area contributed by atoms with Gasteiger partial charge in [-0.25, -0.2) is 4.79 Å². The first-order chi connectivity index (χ1) is 12.5. The molecule has 0 radical (unpaired) electrons. The minimum Gasteiger partial charge on any atom is -0.481 e. The number of benzene rings is 1. The van der Waals surface area contributed by atoms with Gasteiger partial charge in [0.25, 0.3) is 0 Å². The number of nitrogens with zero attached hydrogens (tertiary/aromatic N) is 2. The van der Waals surface area contributed by atoms with Gasteiger partial charge in [0.15, 0.2) is 0 Å². The number of carboxylic acids is 1. The van der Waals surface area contributed by atoms with Crippen molar-refractivity contribution in [3.05, 3.63) is 70.7 Å². The Morgan fingerprint density at radius 1 is 1.33 bits per heavy atom. The summed E-state index contributed by atoms with van der Waals surface area (Å²) in [6.45, 7) is 5.10. The Kier molecular flexibility index (Phi) is 5.67. The van der Waals surface area contributed by atoms with Crippen molar-refractivity contribution >= 4 is 5.97 Å². The number of halogens is 3. The van der Waals surface area contributed by atoms with Gasteiger partial charge in [0.2, 0.25) is 0 Å². The molecule has 146 valence electrons. The van der Waals surface area contributed by atoms with E-state index in [-0.39, 0.29) is 11.4 Å². The van der Waals surface area contributed by atoms with E-state index in [0.29, 0.717) is 0 Å². The third kappa shape index (κ3) is 4.72. The Balaban J connectivity index is 2.50. The molecule has 4 N–H and O–H groups in total. The second kappa shape index (κ2) is 7.60. The SMILES string of the molecule is C=C(N)NC(C)n1ccn(C(CC(=O)O)c2cccc(C(F)(F)F)c2)c1=O. The zero-order valence-corrected chi connectivity index (χ0v) is 14.4. The standard InChI is InChI=1S/C17H19F3N4O3/c1-10(21)22-11(2)23-6-7-24(16(23)27)14(9-15(25)26)12-4-3-5-13(8-12)17(18,19)20/h3-8,11,14,22H,1,9,21H2,2H3,(H,25,26). The third-order valence-corrected chi connectivity index (χ3v) is 3.94. The fraction of sp³-hybridized carbons (Fsp3) is 0.294. The summed E-state index contributed by atoms with van der Waals surface area (Å²) in [7, 11) is 0. The van der Waals surface area contributed by atoms with Crippen LogP contribution < -0.4 is 16.7 Å². The summed E-state index contributed by atoms with van der Waals surface area (Å²) in [6, 6.07) is 3.16. The molecule has 2 aromatic rings. The summed E-state index contributed by atoms with van der Waals surface area (Å²) < 4.78 is 41.3. The van der Waals surface area contributed by atoms with Gasteiger partial charge in [-0.3, -0.25) is 13.9 Å². The molecule has 1 aromatic heterocycles. The van der Waals surface area contributed by atoms with Crippen LogP contribution in [-0.4, -0.2) is 20.2 Å². The van der Waals surface area contributed by atoms with Crippen LogP contribution >= 0.6 is 0 Å². The van der Waals surface area contributed by atoms with Gasteiger partial charge in [0, 0.05) is 12.4 Å². The smallest absolute Gasteiger partial charge is 0.416 e. The van der Waals surface area contributed by atoms with Crippen LogP contribution in [0.15, 0.2) is 53.9 Å². The molecule has 0 amide bonds. The van der Waals surface area contributed by atoms with Crippen molar-refractivity contribution in [2.24, 2.45) is 5.73 Å². The highest BCUT2D eigenvalue weighted by Gasteiger charge is 2.31. The van der Waals surface area contributed by atoms with Crippen LogP contribution in [0.25, 0.3) is 0 Å². The number of carboxylic acid groups (broad SMARTS) is 1. The van der Waals surface area contributed by atoms with Gasteiger partial charge >= 0.3 is 17.8 Å². The van der Waals surface area contributed by atoms with Gasteiger partial charge in [0.1, 0.15) is 6.17 Å². The van der Waals surface area contributed by atoms with E-state index in [4.69, 9.17) is 5.73 Å². The second-order valence-electron chi connectivity index (χ2n) is 5.98. The lowest BCUT2D eigenvalue weighted by molar-refractivity contribution is -0.138. The van der Waals surface area contributed by atoms with Crippen molar-refractivity contribution in [1.82, 2.24) is 14.5 Å². The van der Waals surface area contributed by atoms with E-state index < -0.39 is 42.0 Å². The molecule has 27 heavy (non-hydrogen) atoms. The highest BCUT2D eigenvalue weighted by Crippen LogP contribution is 2.32. The summed E-state index contributed by atoms with van der Waals surface area (Å²) in [6.07, 6.45) is -3.00. The van der Waals surface area contributed by atoms with Gasteiger partial charge < -0.3 is 16.2 Å². The molecule has 0 spiro atoms. The first-order valence-corrected chi connectivity index (χ1v) is 7.89. The molecule has 0 aliphatic carbocycles.